The van der Waals surface area contributed by atoms with Crippen molar-refractivity contribution in [3.8, 4) is 0 Å². The third-order valence-electron chi connectivity index (χ3n) is 1.97. The zero-order valence-corrected chi connectivity index (χ0v) is 8.07. The molecule has 0 aromatic rings. The Hall–Kier alpha value is -0.830. The molecule has 0 heterocycles. The molecule has 0 aromatic heterocycles. The highest BCUT2D eigenvalue weighted by Gasteiger charge is 2.10. The monoisotopic (exact) mass is 186 g/mol. The Morgan fingerprint density at radius 3 is 2.62 bits per heavy atom. The van der Waals surface area contributed by atoms with Crippen molar-refractivity contribution < 1.29 is 15.0 Å². The molecule has 0 rings (SSSR count). The van der Waals surface area contributed by atoms with Crippen LogP contribution in [0.5, 0.6) is 0 Å². The lowest BCUT2D eigenvalue weighted by molar-refractivity contribution is -0.139. The van der Waals surface area contributed by atoms with Gasteiger partial charge in [0.1, 0.15) is 0 Å². The van der Waals surface area contributed by atoms with E-state index in [4.69, 9.17) is 5.11 Å². The molecule has 0 bridgehead atoms. The van der Waals surface area contributed by atoms with Crippen LogP contribution in [0, 0.1) is 5.92 Å². The molecular formula is C10H18O3. The molecule has 0 fully saturated rings. The minimum absolute atomic E-state index is 0.152. The normalized spacial score (nSPS) is 14.9. The van der Waals surface area contributed by atoms with Crippen LogP contribution >= 0.6 is 0 Å². The van der Waals surface area contributed by atoms with Gasteiger partial charge in [0.05, 0.1) is 12.5 Å². The second-order valence-corrected chi connectivity index (χ2v) is 3.46. The first-order valence-corrected chi connectivity index (χ1v) is 4.57. The maximum atomic E-state index is 10.2. The molecule has 0 aliphatic carbocycles. The van der Waals surface area contributed by atoms with Crippen LogP contribution in [0.3, 0.4) is 0 Å². The first kappa shape index (κ1) is 12.2. The van der Waals surface area contributed by atoms with Crippen molar-refractivity contribution in [2.75, 3.05) is 0 Å². The van der Waals surface area contributed by atoms with E-state index in [1.807, 2.05) is 6.08 Å². The first-order chi connectivity index (χ1) is 6.06. The summed E-state index contributed by atoms with van der Waals surface area (Å²) in [6.07, 6.45) is 3.31. The number of aliphatic hydroxyl groups is 1. The minimum atomic E-state index is -0.941. The van der Waals surface area contributed by atoms with Gasteiger partial charge in [-0.25, -0.2) is 0 Å². The summed E-state index contributed by atoms with van der Waals surface area (Å²) in [7, 11) is 0. The van der Waals surface area contributed by atoms with Gasteiger partial charge in [-0.3, -0.25) is 4.79 Å². The van der Waals surface area contributed by atoms with Crippen molar-refractivity contribution in [2.45, 2.75) is 38.7 Å². The number of carboxylic acid groups (broad SMARTS) is 1. The summed E-state index contributed by atoms with van der Waals surface area (Å²) in [4.78, 5) is 10.2. The lowest BCUT2D eigenvalue weighted by Crippen LogP contribution is -2.13. The Balaban J connectivity index is 3.50. The number of carbonyl (C=O) groups is 1. The van der Waals surface area contributed by atoms with Crippen molar-refractivity contribution in [2.24, 2.45) is 5.92 Å². The molecule has 0 aliphatic heterocycles. The number of rotatable bonds is 7. The highest BCUT2D eigenvalue weighted by Crippen LogP contribution is 2.13. The summed E-state index contributed by atoms with van der Waals surface area (Å²) < 4.78 is 0. The molecule has 2 unspecified atom stereocenters. The van der Waals surface area contributed by atoms with Gasteiger partial charge in [0.15, 0.2) is 0 Å². The van der Waals surface area contributed by atoms with E-state index in [-0.39, 0.29) is 6.42 Å². The van der Waals surface area contributed by atoms with Crippen LogP contribution in [0.4, 0.5) is 0 Å². The zero-order chi connectivity index (χ0) is 10.3. The van der Waals surface area contributed by atoms with Crippen molar-refractivity contribution in [1.82, 2.24) is 0 Å². The predicted molar refractivity (Wildman–Crippen MR) is 51.5 cm³/mol. The maximum absolute atomic E-state index is 10.2. The van der Waals surface area contributed by atoms with E-state index in [9.17, 15) is 9.90 Å². The molecule has 0 spiro atoms. The Morgan fingerprint density at radius 1 is 1.54 bits per heavy atom. The Bertz CT molecular complexity index is 166. The maximum Gasteiger partial charge on any atom is 0.305 e. The van der Waals surface area contributed by atoms with E-state index >= 15 is 0 Å². The number of hydrogen-bond acceptors (Lipinski definition) is 2. The fraction of sp³-hybridized carbons (Fsp3) is 0.700. The van der Waals surface area contributed by atoms with Crippen LogP contribution in [0.25, 0.3) is 0 Å². The average Bonchev–Trinajstić information content (AvgIpc) is 2.00. The summed E-state index contributed by atoms with van der Waals surface area (Å²) in [5, 5.41) is 17.6. The molecule has 0 saturated carbocycles. The smallest absolute Gasteiger partial charge is 0.305 e. The Kier molecular flexibility index (Phi) is 6.24. The fourth-order valence-electron chi connectivity index (χ4n) is 1.18. The lowest BCUT2D eigenvalue weighted by atomic mass is 9.99. The highest BCUT2D eigenvalue weighted by molar-refractivity contribution is 5.67. The van der Waals surface area contributed by atoms with E-state index < -0.39 is 12.1 Å². The largest absolute Gasteiger partial charge is 0.481 e. The molecule has 13 heavy (non-hydrogen) atoms. The van der Waals surface area contributed by atoms with E-state index in [0.29, 0.717) is 12.3 Å². The van der Waals surface area contributed by atoms with Crippen molar-refractivity contribution in [3.63, 3.8) is 0 Å². The van der Waals surface area contributed by atoms with E-state index in [1.54, 1.807) is 0 Å². The molecule has 0 saturated heterocycles. The van der Waals surface area contributed by atoms with Gasteiger partial charge in [-0.1, -0.05) is 13.0 Å². The summed E-state index contributed by atoms with van der Waals surface area (Å²) in [6.45, 7) is 5.68. The van der Waals surface area contributed by atoms with Gasteiger partial charge in [0.2, 0.25) is 0 Å². The molecule has 0 radical (unpaired) electrons. The van der Waals surface area contributed by atoms with Crippen molar-refractivity contribution in [1.29, 1.82) is 0 Å². The van der Waals surface area contributed by atoms with Gasteiger partial charge in [-0.2, -0.15) is 0 Å². The quantitative estimate of drug-likeness (QED) is 0.596. The summed E-state index contributed by atoms with van der Waals surface area (Å²) in [5.74, 6) is -0.468. The third-order valence-corrected chi connectivity index (χ3v) is 1.97. The van der Waals surface area contributed by atoms with Crippen molar-refractivity contribution in [3.05, 3.63) is 12.7 Å². The minimum Gasteiger partial charge on any atom is -0.481 e. The van der Waals surface area contributed by atoms with Crippen LogP contribution < -0.4 is 0 Å². The van der Waals surface area contributed by atoms with E-state index in [2.05, 4.69) is 13.5 Å². The van der Waals surface area contributed by atoms with Crippen LogP contribution in [0.2, 0.25) is 0 Å². The zero-order valence-electron chi connectivity index (χ0n) is 8.07. The van der Waals surface area contributed by atoms with Gasteiger partial charge in [0.25, 0.3) is 0 Å². The number of allylic oxidation sites excluding steroid dienone is 1. The lowest BCUT2D eigenvalue weighted by Gasteiger charge is -2.11. The van der Waals surface area contributed by atoms with Crippen LogP contribution in [0.15, 0.2) is 12.7 Å². The van der Waals surface area contributed by atoms with Crippen LogP contribution in [-0.2, 0) is 4.79 Å². The molecular weight excluding hydrogens is 168 g/mol. The average molecular weight is 186 g/mol. The van der Waals surface area contributed by atoms with Crippen LogP contribution in [0.1, 0.15) is 32.6 Å². The fourth-order valence-corrected chi connectivity index (χ4v) is 1.18. The number of aliphatic hydroxyl groups excluding tert-OH is 1. The molecule has 2 atom stereocenters. The molecule has 0 aliphatic rings. The molecule has 0 aromatic carbocycles. The number of hydrogen-bond donors (Lipinski definition) is 2. The first-order valence-electron chi connectivity index (χ1n) is 4.57. The summed E-state index contributed by atoms with van der Waals surface area (Å²) >= 11 is 0. The molecule has 3 nitrogen and oxygen atoms in total. The second-order valence-electron chi connectivity index (χ2n) is 3.46. The molecule has 0 amide bonds. The van der Waals surface area contributed by atoms with Crippen molar-refractivity contribution >= 4 is 5.97 Å². The van der Waals surface area contributed by atoms with E-state index in [0.717, 1.165) is 12.8 Å². The second kappa shape index (κ2) is 6.66. The predicted octanol–water partition coefficient (Wildman–Crippen LogP) is 1.81. The van der Waals surface area contributed by atoms with Gasteiger partial charge >= 0.3 is 5.97 Å². The third kappa shape index (κ3) is 7.53. The Labute approximate surface area is 79.1 Å². The summed E-state index contributed by atoms with van der Waals surface area (Å²) in [5.41, 5.74) is 0. The Morgan fingerprint density at radius 2 is 2.15 bits per heavy atom. The van der Waals surface area contributed by atoms with E-state index in [1.165, 1.54) is 0 Å². The highest BCUT2D eigenvalue weighted by atomic mass is 16.4. The van der Waals surface area contributed by atoms with Gasteiger partial charge in [-0.05, 0) is 25.2 Å². The van der Waals surface area contributed by atoms with Gasteiger partial charge in [0, 0.05) is 0 Å². The molecule has 76 valence electrons. The van der Waals surface area contributed by atoms with Crippen LogP contribution in [-0.4, -0.2) is 22.3 Å². The standard InChI is InChI=1S/C10H18O3/c1-3-4-8(2)5-6-9(11)7-10(12)13/h3,8-9,11H,1,4-7H2,2H3,(H,12,13). The van der Waals surface area contributed by atoms with Gasteiger partial charge < -0.3 is 10.2 Å². The summed E-state index contributed by atoms with van der Waals surface area (Å²) in [6, 6.07) is 0. The van der Waals surface area contributed by atoms with Gasteiger partial charge in [-0.15, -0.1) is 6.58 Å². The number of aliphatic carboxylic acids is 1. The number of carboxylic acids is 1. The topological polar surface area (TPSA) is 57.5 Å². The molecule has 3 heteroatoms. The SMILES string of the molecule is C=CCC(C)CCC(O)CC(=O)O. The molecule has 2 N–H and O–H groups in total.